The molecule has 4 rings (SSSR count). The van der Waals surface area contributed by atoms with Crippen LogP contribution in [0.4, 0.5) is 10.2 Å². The zero-order valence-electron chi connectivity index (χ0n) is 15.6. The van der Waals surface area contributed by atoms with E-state index in [0.717, 1.165) is 16.8 Å². The summed E-state index contributed by atoms with van der Waals surface area (Å²) in [6, 6.07) is 4.76. The third-order valence-electron chi connectivity index (χ3n) is 4.91. The zero-order valence-corrected chi connectivity index (χ0v) is 15.6. The summed E-state index contributed by atoms with van der Waals surface area (Å²) in [4.78, 5) is 1.98. The SMILES string of the molecule is CCOc1ccc(-n2nc3c(N4CC[C@H](O)C4)nnc(C)c3c2C)c(F)c1. The Morgan fingerprint density at radius 1 is 1.30 bits per heavy atom. The third kappa shape index (κ3) is 2.99. The van der Waals surface area contributed by atoms with Gasteiger partial charge in [0.15, 0.2) is 11.6 Å². The number of aryl methyl sites for hydroxylation is 2. The molecule has 1 aliphatic rings. The van der Waals surface area contributed by atoms with E-state index in [4.69, 9.17) is 4.74 Å². The van der Waals surface area contributed by atoms with Crippen LogP contribution in [0.2, 0.25) is 0 Å². The van der Waals surface area contributed by atoms with E-state index in [-0.39, 0.29) is 6.10 Å². The van der Waals surface area contributed by atoms with Gasteiger partial charge >= 0.3 is 0 Å². The van der Waals surface area contributed by atoms with E-state index in [1.807, 2.05) is 25.7 Å². The number of aliphatic hydroxyl groups is 1. The largest absolute Gasteiger partial charge is 0.494 e. The maximum absolute atomic E-state index is 14.7. The highest BCUT2D eigenvalue weighted by Gasteiger charge is 2.26. The maximum atomic E-state index is 14.7. The minimum Gasteiger partial charge on any atom is -0.494 e. The third-order valence-corrected chi connectivity index (χ3v) is 4.91. The number of β-amino-alcohol motifs (C(OH)–C–C–N with tert-alkyl or cyclic N) is 1. The quantitative estimate of drug-likeness (QED) is 0.760. The summed E-state index contributed by atoms with van der Waals surface area (Å²) in [7, 11) is 0. The average Bonchev–Trinajstić information content (AvgIpc) is 3.20. The summed E-state index contributed by atoms with van der Waals surface area (Å²) in [5.41, 5.74) is 2.55. The van der Waals surface area contributed by atoms with Crippen LogP contribution in [0.25, 0.3) is 16.6 Å². The van der Waals surface area contributed by atoms with Crippen molar-refractivity contribution in [2.45, 2.75) is 33.3 Å². The molecule has 1 saturated heterocycles. The van der Waals surface area contributed by atoms with Crippen molar-refractivity contribution < 1.29 is 14.2 Å². The topological polar surface area (TPSA) is 76.3 Å². The second kappa shape index (κ2) is 6.77. The summed E-state index contributed by atoms with van der Waals surface area (Å²) in [5, 5.41) is 23.9. The molecule has 1 aromatic carbocycles. The van der Waals surface area contributed by atoms with Crippen molar-refractivity contribution in [1.82, 2.24) is 20.0 Å². The number of aromatic nitrogens is 4. The molecule has 0 saturated carbocycles. The van der Waals surface area contributed by atoms with Gasteiger partial charge in [0.2, 0.25) is 0 Å². The second-order valence-electron chi connectivity index (χ2n) is 6.76. The van der Waals surface area contributed by atoms with Gasteiger partial charge in [-0.05, 0) is 39.3 Å². The number of fused-ring (bicyclic) bond motifs is 1. The first-order chi connectivity index (χ1) is 13.0. The number of aliphatic hydroxyl groups excluding tert-OH is 1. The molecule has 142 valence electrons. The van der Waals surface area contributed by atoms with Crippen LogP contribution < -0.4 is 9.64 Å². The first-order valence-electron chi connectivity index (χ1n) is 9.08. The van der Waals surface area contributed by atoms with Gasteiger partial charge in [-0.3, -0.25) is 0 Å². The minimum atomic E-state index is -0.409. The lowest BCUT2D eigenvalue weighted by molar-refractivity contribution is 0.198. The van der Waals surface area contributed by atoms with Crippen molar-refractivity contribution in [3.63, 3.8) is 0 Å². The van der Waals surface area contributed by atoms with Gasteiger partial charge in [0.05, 0.1) is 29.5 Å². The van der Waals surface area contributed by atoms with Gasteiger partial charge in [-0.2, -0.15) is 10.2 Å². The number of nitrogens with zero attached hydrogens (tertiary/aromatic N) is 5. The fourth-order valence-corrected chi connectivity index (χ4v) is 3.61. The molecule has 1 atom stereocenters. The Morgan fingerprint density at radius 3 is 2.78 bits per heavy atom. The van der Waals surface area contributed by atoms with Crippen molar-refractivity contribution >= 4 is 16.7 Å². The van der Waals surface area contributed by atoms with E-state index in [0.29, 0.717) is 48.9 Å². The van der Waals surface area contributed by atoms with E-state index in [1.54, 1.807) is 16.8 Å². The standard InChI is InChI=1S/C19H22FN5O2/c1-4-27-14-5-6-16(15(20)9-14)25-12(3)17-11(2)21-22-19(18(17)23-25)24-8-7-13(26)10-24/h5-6,9,13,26H,4,7-8,10H2,1-3H3/t13-/m0/s1. The Labute approximate surface area is 156 Å². The molecule has 27 heavy (non-hydrogen) atoms. The van der Waals surface area contributed by atoms with Crippen molar-refractivity contribution in [2.24, 2.45) is 0 Å². The van der Waals surface area contributed by atoms with Crippen molar-refractivity contribution in [1.29, 1.82) is 0 Å². The minimum absolute atomic E-state index is 0.346. The number of hydrogen-bond donors (Lipinski definition) is 1. The molecular formula is C19H22FN5O2. The Morgan fingerprint density at radius 2 is 2.11 bits per heavy atom. The van der Waals surface area contributed by atoms with Gasteiger partial charge < -0.3 is 14.7 Å². The monoisotopic (exact) mass is 371 g/mol. The van der Waals surface area contributed by atoms with Crippen LogP contribution in [0.3, 0.4) is 0 Å². The van der Waals surface area contributed by atoms with Gasteiger partial charge in [-0.1, -0.05) is 0 Å². The summed E-state index contributed by atoms with van der Waals surface area (Å²) in [6.07, 6.45) is 0.305. The highest BCUT2D eigenvalue weighted by atomic mass is 19.1. The fourth-order valence-electron chi connectivity index (χ4n) is 3.61. The molecule has 1 N–H and O–H groups in total. The highest BCUT2D eigenvalue weighted by molar-refractivity contribution is 5.92. The Bertz CT molecular complexity index is 1000. The maximum Gasteiger partial charge on any atom is 0.179 e. The first-order valence-corrected chi connectivity index (χ1v) is 9.08. The van der Waals surface area contributed by atoms with Crippen molar-refractivity contribution in [2.75, 3.05) is 24.6 Å². The van der Waals surface area contributed by atoms with Crippen LogP contribution in [0.15, 0.2) is 18.2 Å². The van der Waals surface area contributed by atoms with Crippen molar-refractivity contribution in [3.8, 4) is 11.4 Å². The Kier molecular flexibility index (Phi) is 4.43. The number of hydrogen-bond acceptors (Lipinski definition) is 6. The molecule has 3 aromatic rings. The van der Waals surface area contributed by atoms with Gasteiger partial charge in [0.1, 0.15) is 17.0 Å². The summed E-state index contributed by atoms with van der Waals surface area (Å²) in [5.74, 6) is 0.702. The van der Waals surface area contributed by atoms with E-state index in [9.17, 15) is 9.50 Å². The molecule has 0 radical (unpaired) electrons. The van der Waals surface area contributed by atoms with E-state index < -0.39 is 5.82 Å². The van der Waals surface area contributed by atoms with Crippen molar-refractivity contribution in [3.05, 3.63) is 35.4 Å². The molecule has 0 spiro atoms. The molecule has 1 fully saturated rings. The summed E-state index contributed by atoms with van der Waals surface area (Å²) >= 11 is 0. The number of anilines is 1. The smallest absolute Gasteiger partial charge is 0.179 e. The lowest BCUT2D eigenvalue weighted by Gasteiger charge is -2.16. The van der Waals surface area contributed by atoms with Crippen LogP contribution in [0, 0.1) is 19.7 Å². The Hall–Kier alpha value is -2.74. The number of benzene rings is 1. The van der Waals surface area contributed by atoms with E-state index >= 15 is 0 Å². The van der Waals surface area contributed by atoms with E-state index in [2.05, 4.69) is 15.3 Å². The predicted octanol–water partition coefficient (Wildman–Crippen LogP) is 2.54. The molecular weight excluding hydrogens is 349 g/mol. The molecule has 2 aromatic heterocycles. The number of ether oxygens (including phenoxy) is 1. The summed E-state index contributed by atoms with van der Waals surface area (Å²) < 4.78 is 21.7. The lowest BCUT2D eigenvalue weighted by atomic mass is 10.2. The van der Waals surface area contributed by atoms with Crippen LogP contribution in [0.5, 0.6) is 5.75 Å². The van der Waals surface area contributed by atoms with Gasteiger partial charge in [0, 0.05) is 19.2 Å². The fraction of sp³-hybridized carbons (Fsp3) is 0.421. The molecule has 3 heterocycles. The van der Waals surface area contributed by atoms with Crippen LogP contribution >= 0.6 is 0 Å². The van der Waals surface area contributed by atoms with Gasteiger partial charge in [0.25, 0.3) is 0 Å². The number of rotatable bonds is 4. The van der Waals surface area contributed by atoms with E-state index in [1.165, 1.54) is 6.07 Å². The molecule has 7 nitrogen and oxygen atoms in total. The van der Waals surface area contributed by atoms with Crippen LogP contribution in [-0.2, 0) is 0 Å². The molecule has 0 unspecified atom stereocenters. The average molecular weight is 371 g/mol. The highest BCUT2D eigenvalue weighted by Crippen LogP contribution is 2.31. The number of halogens is 1. The van der Waals surface area contributed by atoms with Crippen LogP contribution in [-0.4, -0.2) is 50.9 Å². The normalized spacial score (nSPS) is 17.1. The molecule has 0 aliphatic carbocycles. The summed E-state index contributed by atoms with van der Waals surface area (Å²) in [6.45, 7) is 7.28. The zero-order chi connectivity index (χ0) is 19.1. The van der Waals surface area contributed by atoms with Gasteiger partial charge in [-0.15, -0.1) is 5.10 Å². The first kappa shape index (κ1) is 17.7. The molecule has 1 aliphatic heterocycles. The molecule has 0 amide bonds. The lowest BCUT2D eigenvalue weighted by Crippen LogP contribution is -2.23. The predicted molar refractivity (Wildman–Crippen MR) is 100 cm³/mol. The molecule has 8 heteroatoms. The van der Waals surface area contributed by atoms with Crippen LogP contribution in [0.1, 0.15) is 24.7 Å². The second-order valence-corrected chi connectivity index (χ2v) is 6.76. The molecule has 0 bridgehead atoms. The van der Waals surface area contributed by atoms with Gasteiger partial charge in [-0.25, -0.2) is 9.07 Å². The Balaban J connectivity index is 1.86.